The maximum atomic E-state index is 13.2. The van der Waals surface area contributed by atoms with Gasteiger partial charge in [0.05, 0.1) is 24.9 Å². The van der Waals surface area contributed by atoms with E-state index in [9.17, 15) is 9.18 Å². The van der Waals surface area contributed by atoms with Crippen LogP contribution in [0.15, 0.2) is 22.7 Å². The Morgan fingerprint density at radius 2 is 2.25 bits per heavy atom. The number of carbonyl (C=O) groups is 1. The van der Waals surface area contributed by atoms with Crippen LogP contribution in [0.1, 0.15) is 12.8 Å². The van der Waals surface area contributed by atoms with E-state index in [1.54, 1.807) is 6.07 Å². The number of morpholine rings is 1. The summed E-state index contributed by atoms with van der Waals surface area (Å²) in [5, 5.41) is 2.78. The maximum absolute atomic E-state index is 13.2. The molecule has 0 radical (unpaired) electrons. The molecule has 1 saturated heterocycles. The minimum absolute atomic E-state index is 0.149. The molecule has 2 amide bonds. The molecule has 108 valence electrons. The van der Waals surface area contributed by atoms with Crippen LogP contribution in [0.25, 0.3) is 0 Å². The van der Waals surface area contributed by atoms with Crippen molar-refractivity contribution in [3.05, 3.63) is 28.5 Å². The lowest BCUT2D eigenvalue weighted by molar-refractivity contribution is 0.00772. The van der Waals surface area contributed by atoms with E-state index in [1.807, 2.05) is 4.90 Å². The van der Waals surface area contributed by atoms with E-state index in [0.717, 1.165) is 12.8 Å². The number of carbonyl (C=O) groups excluding carboxylic acids is 1. The SMILES string of the molecule is O=C(Nc1cc(F)ccc1Br)N1CCOC[C@H]1C1CC1. The van der Waals surface area contributed by atoms with Gasteiger partial charge in [-0.2, -0.15) is 0 Å². The fourth-order valence-electron chi connectivity index (χ4n) is 2.53. The lowest BCUT2D eigenvalue weighted by atomic mass is 10.1. The molecule has 1 atom stereocenters. The zero-order valence-corrected chi connectivity index (χ0v) is 12.5. The van der Waals surface area contributed by atoms with Gasteiger partial charge in [0.25, 0.3) is 0 Å². The third-order valence-electron chi connectivity index (χ3n) is 3.76. The molecule has 4 nitrogen and oxygen atoms in total. The molecular formula is C14H16BrFN2O2. The molecular weight excluding hydrogens is 327 g/mol. The van der Waals surface area contributed by atoms with Crippen LogP contribution in [0.2, 0.25) is 0 Å². The molecule has 0 unspecified atom stereocenters. The van der Waals surface area contributed by atoms with Crippen LogP contribution in [-0.2, 0) is 4.74 Å². The van der Waals surface area contributed by atoms with Crippen LogP contribution < -0.4 is 5.32 Å². The molecule has 1 heterocycles. The molecule has 3 rings (SSSR count). The number of benzene rings is 1. The number of nitrogens with zero attached hydrogens (tertiary/aromatic N) is 1. The Morgan fingerprint density at radius 3 is 3.00 bits per heavy atom. The highest BCUT2D eigenvalue weighted by atomic mass is 79.9. The zero-order chi connectivity index (χ0) is 14.1. The summed E-state index contributed by atoms with van der Waals surface area (Å²) >= 11 is 3.31. The Labute approximate surface area is 125 Å². The van der Waals surface area contributed by atoms with E-state index in [-0.39, 0.29) is 17.9 Å². The van der Waals surface area contributed by atoms with Crippen molar-refractivity contribution in [1.29, 1.82) is 0 Å². The highest BCUT2D eigenvalue weighted by molar-refractivity contribution is 9.10. The molecule has 1 aliphatic carbocycles. The fraction of sp³-hybridized carbons (Fsp3) is 0.500. The molecule has 2 aliphatic rings. The topological polar surface area (TPSA) is 41.6 Å². The van der Waals surface area contributed by atoms with Gasteiger partial charge in [-0.15, -0.1) is 0 Å². The van der Waals surface area contributed by atoms with Crippen molar-refractivity contribution in [3.8, 4) is 0 Å². The number of urea groups is 1. The van der Waals surface area contributed by atoms with Crippen molar-refractivity contribution in [2.24, 2.45) is 5.92 Å². The second kappa shape index (κ2) is 5.69. The predicted molar refractivity (Wildman–Crippen MR) is 77.2 cm³/mol. The van der Waals surface area contributed by atoms with Crippen molar-refractivity contribution in [2.75, 3.05) is 25.1 Å². The largest absolute Gasteiger partial charge is 0.377 e. The number of anilines is 1. The smallest absolute Gasteiger partial charge is 0.322 e. The van der Waals surface area contributed by atoms with Gasteiger partial charge in [0, 0.05) is 11.0 Å². The maximum Gasteiger partial charge on any atom is 0.322 e. The first kappa shape index (κ1) is 13.8. The van der Waals surface area contributed by atoms with Crippen LogP contribution >= 0.6 is 15.9 Å². The van der Waals surface area contributed by atoms with Gasteiger partial charge in [-0.05, 0) is 52.9 Å². The van der Waals surface area contributed by atoms with Crippen molar-refractivity contribution in [2.45, 2.75) is 18.9 Å². The number of hydrogen-bond donors (Lipinski definition) is 1. The molecule has 20 heavy (non-hydrogen) atoms. The summed E-state index contributed by atoms with van der Waals surface area (Å²) in [5.74, 6) is 0.182. The minimum atomic E-state index is -0.371. The van der Waals surface area contributed by atoms with Gasteiger partial charge in [0.1, 0.15) is 5.82 Å². The Hall–Kier alpha value is -1.14. The van der Waals surface area contributed by atoms with Crippen molar-refractivity contribution in [1.82, 2.24) is 4.90 Å². The van der Waals surface area contributed by atoms with Gasteiger partial charge < -0.3 is 15.0 Å². The quantitative estimate of drug-likeness (QED) is 0.896. The summed E-state index contributed by atoms with van der Waals surface area (Å²) in [6, 6.07) is 4.21. The molecule has 0 aromatic heterocycles. The van der Waals surface area contributed by atoms with Gasteiger partial charge >= 0.3 is 6.03 Å². The van der Waals surface area contributed by atoms with E-state index < -0.39 is 0 Å². The zero-order valence-electron chi connectivity index (χ0n) is 10.9. The van der Waals surface area contributed by atoms with E-state index in [1.165, 1.54) is 12.1 Å². The normalized spacial score (nSPS) is 22.7. The van der Waals surface area contributed by atoms with Crippen molar-refractivity contribution in [3.63, 3.8) is 0 Å². The molecule has 1 aromatic carbocycles. The Kier molecular flexibility index (Phi) is 3.94. The van der Waals surface area contributed by atoms with Gasteiger partial charge in [-0.3, -0.25) is 0 Å². The van der Waals surface area contributed by atoms with Crippen LogP contribution in [0, 0.1) is 11.7 Å². The minimum Gasteiger partial charge on any atom is -0.377 e. The highest BCUT2D eigenvalue weighted by Gasteiger charge is 2.39. The second-order valence-corrected chi connectivity index (χ2v) is 6.08. The summed E-state index contributed by atoms with van der Waals surface area (Å²) in [5.41, 5.74) is 0.455. The average molecular weight is 343 g/mol. The standard InChI is InChI=1S/C14H16BrFN2O2/c15-11-4-3-10(16)7-12(11)17-14(19)18-5-6-20-8-13(18)9-1-2-9/h3-4,7,9,13H,1-2,5-6,8H2,(H,17,19)/t13-/m0/s1. The van der Waals surface area contributed by atoms with Crippen LogP contribution in [0.4, 0.5) is 14.9 Å². The first-order valence-corrected chi connectivity index (χ1v) is 7.55. The third kappa shape index (κ3) is 2.96. The highest BCUT2D eigenvalue weighted by Crippen LogP contribution is 2.36. The van der Waals surface area contributed by atoms with E-state index in [2.05, 4.69) is 21.2 Å². The molecule has 1 aromatic rings. The molecule has 1 aliphatic heterocycles. The molecule has 2 fully saturated rings. The van der Waals surface area contributed by atoms with Gasteiger partial charge in [-0.25, -0.2) is 9.18 Å². The fourth-order valence-corrected chi connectivity index (χ4v) is 2.87. The summed E-state index contributed by atoms with van der Waals surface area (Å²) in [7, 11) is 0. The number of rotatable bonds is 2. The van der Waals surface area contributed by atoms with Crippen LogP contribution in [0.3, 0.4) is 0 Å². The van der Waals surface area contributed by atoms with Crippen LogP contribution in [0.5, 0.6) is 0 Å². The van der Waals surface area contributed by atoms with Crippen molar-refractivity contribution >= 4 is 27.6 Å². The molecule has 0 bridgehead atoms. The van der Waals surface area contributed by atoms with E-state index in [0.29, 0.717) is 35.8 Å². The second-order valence-electron chi connectivity index (χ2n) is 5.23. The first-order valence-electron chi connectivity index (χ1n) is 6.75. The van der Waals surface area contributed by atoms with Gasteiger partial charge in [0.2, 0.25) is 0 Å². The number of halogens is 2. The number of nitrogens with one attached hydrogen (secondary N) is 1. The first-order chi connectivity index (χ1) is 9.65. The van der Waals surface area contributed by atoms with E-state index >= 15 is 0 Å². The van der Waals surface area contributed by atoms with Crippen LogP contribution in [-0.4, -0.2) is 36.7 Å². The Bertz CT molecular complexity index is 522. The molecule has 6 heteroatoms. The van der Waals surface area contributed by atoms with E-state index in [4.69, 9.17) is 4.74 Å². The Balaban J connectivity index is 1.72. The molecule has 1 N–H and O–H groups in total. The third-order valence-corrected chi connectivity index (χ3v) is 4.45. The van der Waals surface area contributed by atoms with Gasteiger partial charge in [0.15, 0.2) is 0 Å². The number of ether oxygens (including phenoxy) is 1. The lowest BCUT2D eigenvalue weighted by Gasteiger charge is -2.35. The molecule has 0 spiro atoms. The predicted octanol–water partition coefficient (Wildman–Crippen LogP) is 3.23. The molecule has 1 saturated carbocycles. The van der Waals surface area contributed by atoms with Crippen molar-refractivity contribution < 1.29 is 13.9 Å². The van der Waals surface area contributed by atoms with Gasteiger partial charge in [-0.1, -0.05) is 0 Å². The summed E-state index contributed by atoms with van der Waals surface area (Å²) in [6.45, 7) is 1.74. The monoisotopic (exact) mass is 342 g/mol. The Morgan fingerprint density at radius 1 is 1.45 bits per heavy atom. The average Bonchev–Trinajstić information content (AvgIpc) is 3.27. The lowest BCUT2D eigenvalue weighted by Crippen LogP contribution is -2.51. The number of hydrogen-bond acceptors (Lipinski definition) is 2. The number of amides is 2. The summed E-state index contributed by atoms with van der Waals surface area (Å²) in [6.07, 6.45) is 2.31. The summed E-state index contributed by atoms with van der Waals surface area (Å²) in [4.78, 5) is 14.2. The summed E-state index contributed by atoms with van der Waals surface area (Å²) < 4.78 is 19.4.